The first-order valence-corrected chi connectivity index (χ1v) is 8.83. The number of hydrogen-bond acceptors (Lipinski definition) is 4. The minimum absolute atomic E-state index is 0.196. The van der Waals surface area contributed by atoms with E-state index in [0.29, 0.717) is 12.1 Å². The Labute approximate surface area is 148 Å². The highest BCUT2D eigenvalue weighted by atomic mass is 16.4. The second kappa shape index (κ2) is 7.27. The van der Waals surface area contributed by atoms with Gasteiger partial charge in [-0.15, -0.1) is 0 Å². The van der Waals surface area contributed by atoms with Gasteiger partial charge in [-0.1, -0.05) is 0 Å². The van der Waals surface area contributed by atoms with E-state index >= 15 is 0 Å². The van der Waals surface area contributed by atoms with E-state index in [-0.39, 0.29) is 5.69 Å². The van der Waals surface area contributed by atoms with Crippen LogP contribution in [0.1, 0.15) is 42.7 Å². The van der Waals surface area contributed by atoms with Crippen molar-refractivity contribution in [2.75, 3.05) is 18.4 Å². The molecule has 25 heavy (non-hydrogen) atoms. The summed E-state index contributed by atoms with van der Waals surface area (Å²) >= 11 is 0. The molecule has 2 aromatic heterocycles. The van der Waals surface area contributed by atoms with Crippen LogP contribution in [0.5, 0.6) is 0 Å². The van der Waals surface area contributed by atoms with Gasteiger partial charge in [-0.3, -0.25) is 0 Å². The van der Waals surface area contributed by atoms with Gasteiger partial charge < -0.3 is 20.3 Å². The zero-order chi connectivity index (χ0) is 18.0. The van der Waals surface area contributed by atoms with E-state index in [1.165, 1.54) is 0 Å². The van der Waals surface area contributed by atoms with Gasteiger partial charge in [0.05, 0.1) is 0 Å². The monoisotopic (exact) mass is 342 g/mol. The third-order valence-corrected chi connectivity index (χ3v) is 4.94. The molecule has 0 bridgehead atoms. The zero-order valence-corrected chi connectivity index (χ0v) is 15.0. The molecule has 0 unspecified atom stereocenters. The first-order chi connectivity index (χ1) is 11.9. The Morgan fingerprint density at radius 2 is 2.08 bits per heavy atom. The van der Waals surface area contributed by atoms with Crippen molar-refractivity contribution in [1.82, 2.24) is 14.9 Å². The lowest BCUT2D eigenvalue weighted by Gasteiger charge is -2.35. The quantitative estimate of drug-likeness (QED) is 0.776. The number of anilines is 1. The van der Waals surface area contributed by atoms with Crippen LogP contribution < -0.4 is 5.32 Å². The predicted molar refractivity (Wildman–Crippen MR) is 99.1 cm³/mol. The molecular weight excluding hydrogens is 316 g/mol. The minimum atomic E-state index is -0.951. The minimum Gasteiger partial charge on any atom is -0.477 e. The van der Waals surface area contributed by atoms with Gasteiger partial charge in [0.25, 0.3) is 0 Å². The van der Waals surface area contributed by atoms with E-state index in [2.05, 4.69) is 34.0 Å². The van der Waals surface area contributed by atoms with E-state index in [0.717, 1.165) is 48.4 Å². The molecule has 3 heterocycles. The lowest BCUT2D eigenvalue weighted by Crippen LogP contribution is -2.42. The first kappa shape index (κ1) is 17.5. The molecular formula is C19H26N4O2. The number of hydrogen-bond donors (Lipinski definition) is 3. The van der Waals surface area contributed by atoms with Gasteiger partial charge in [0, 0.05) is 43.1 Å². The Morgan fingerprint density at radius 3 is 2.68 bits per heavy atom. The van der Waals surface area contributed by atoms with Crippen LogP contribution in [0.2, 0.25) is 0 Å². The van der Waals surface area contributed by atoms with Gasteiger partial charge in [-0.25, -0.2) is 9.78 Å². The number of pyridine rings is 1. The van der Waals surface area contributed by atoms with Crippen molar-refractivity contribution in [3.63, 3.8) is 0 Å². The maximum Gasteiger partial charge on any atom is 0.352 e. The van der Waals surface area contributed by atoms with Crippen LogP contribution in [0.3, 0.4) is 0 Å². The number of likely N-dealkylation sites (tertiary alicyclic amines) is 1. The van der Waals surface area contributed by atoms with Crippen molar-refractivity contribution in [2.24, 2.45) is 0 Å². The molecule has 1 saturated heterocycles. The largest absolute Gasteiger partial charge is 0.477 e. The van der Waals surface area contributed by atoms with Crippen molar-refractivity contribution in [2.45, 2.75) is 45.7 Å². The summed E-state index contributed by atoms with van der Waals surface area (Å²) in [5.74, 6) is -0.102. The Bertz CT molecular complexity index is 746. The summed E-state index contributed by atoms with van der Waals surface area (Å²) in [5.41, 5.74) is 3.09. The van der Waals surface area contributed by atoms with Crippen molar-refractivity contribution >= 4 is 11.8 Å². The lowest BCUT2D eigenvalue weighted by atomic mass is 10.0. The number of H-pyrrole nitrogens is 1. The van der Waals surface area contributed by atoms with E-state index in [1.54, 1.807) is 12.3 Å². The maximum absolute atomic E-state index is 11.1. The number of aromatic carboxylic acids is 1. The summed E-state index contributed by atoms with van der Waals surface area (Å²) in [6, 6.07) is 4.70. The molecule has 3 rings (SSSR count). The lowest BCUT2D eigenvalue weighted by molar-refractivity contribution is 0.0691. The smallest absolute Gasteiger partial charge is 0.352 e. The Morgan fingerprint density at radius 1 is 1.36 bits per heavy atom. The maximum atomic E-state index is 11.1. The van der Waals surface area contributed by atoms with E-state index in [4.69, 9.17) is 5.11 Å². The molecule has 6 nitrogen and oxygen atoms in total. The zero-order valence-electron chi connectivity index (χ0n) is 15.0. The molecule has 1 aliphatic rings. The summed E-state index contributed by atoms with van der Waals surface area (Å²) < 4.78 is 0. The molecule has 134 valence electrons. The van der Waals surface area contributed by atoms with E-state index in [9.17, 15) is 4.79 Å². The number of rotatable bonds is 5. The normalized spacial score (nSPS) is 16.3. The molecule has 0 amide bonds. The third kappa shape index (κ3) is 4.02. The SMILES string of the molecule is Cc1cnc(NC2CCN(C(C)C)CC2)cc1-c1c[nH]c(C(=O)O)c1. The average molecular weight is 342 g/mol. The number of nitrogens with zero attached hydrogens (tertiary/aromatic N) is 2. The molecule has 3 N–H and O–H groups in total. The molecule has 0 radical (unpaired) electrons. The highest BCUT2D eigenvalue weighted by molar-refractivity contribution is 5.88. The molecule has 0 atom stereocenters. The Kier molecular flexibility index (Phi) is 5.08. The number of piperidine rings is 1. The molecule has 0 spiro atoms. The third-order valence-electron chi connectivity index (χ3n) is 4.94. The topological polar surface area (TPSA) is 81.2 Å². The molecule has 0 aromatic carbocycles. The van der Waals surface area contributed by atoms with Crippen LogP contribution in [0.4, 0.5) is 5.82 Å². The highest BCUT2D eigenvalue weighted by Gasteiger charge is 2.21. The van der Waals surface area contributed by atoms with Crippen LogP contribution in [-0.2, 0) is 0 Å². The molecule has 0 aliphatic carbocycles. The van der Waals surface area contributed by atoms with Crippen molar-refractivity contribution in [3.8, 4) is 11.1 Å². The number of aryl methyl sites for hydroxylation is 1. The molecule has 2 aromatic rings. The Balaban J connectivity index is 1.72. The molecule has 0 saturated carbocycles. The van der Waals surface area contributed by atoms with Gasteiger partial charge in [0.15, 0.2) is 0 Å². The van der Waals surface area contributed by atoms with Crippen molar-refractivity contribution in [1.29, 1.82) is 0 Å². The van der Waals surface area contributed by atoms with Crippen molar-refractivity contribution in [3.05, 3.63) is 35.8 Å². The summed E-state index contributed by atoms with van der Waals surface area (Å²) in [6.45, 7) is 8.68. The van der Waals surface area contributed by atoms with E-state index < -0.39 is 5.97 Å². The molecule has 1 aliphatic heterocycles. The number of carboxylic acids is 1. The Hall–Kier alpha value is -2.34. The highest BCUT2D eigenvalue weighted by Crippen LogP contribution is 2.27. The fraction of sp³-hybridized carbons (Fsp3) is 0.474. The van der Waals surface area contributed by atoms with Gasteiger partial charge in [0.2, 0.25) is 0 Å². The summed E-state index contributed by atoms with van der Waals surface area (Å²) in [4.78, 5) is 20.9. The average Bonchev–Trinajstić information content (AvgIpc) is 3.07. The number of aromatic amines is 1. The van der Waals surface area contributed by atoms with Crippen LogP contribution >= 0.6 is 0 Å². The standard InChI is InChI=1S/C19H26N4O2/c1-12(2)23-6-4-15(5-7-23)22-18-9-16(13(3)10-21-18)14-8-17(19(24)25)20-11-14/h8-12,15,20H,4-7H2,1-3H3,(H,21,22)(H,24,25). The van der Waals surface area contributed by atoms with Crippen LogP contribution in [0.25, 0.3) is 11.1 Å². The van der Waals surface area contributed by atoms with Gasteiger partial charge in [0.1, 0.15) is 11.5 Å². The molecule has 1 fully saturated rings. The van der Waals surface area contributed by atoms with Crippen LogP contribution in [-0.4, -0.2) is 51.1 Å². The molecule has 6 heteroatoms. The van der Waals surface area contributed by atoms with Gasteiger partial charge in [-0.2, -0.15) is 0 Å². The fourth-order valence-corrected chi connectivity index (χ4v) is 3.36. The number of nitrogens with one attached hydrogen (secondary N) is 2. The van der Waals surface area contributed by atoms with Crippen molar-refractivity contribution < 1.29 is 9.90 Å². The fourth-order valence-electron chi connectivity index (χ4n) is 3.36. The summed E-state index contributed by atoms with van der Waals surface area (Å²) in [7, 11) is 0. The van der Waals surface area contributed by atoms with Gasteiger partial charge >= 0.3 is 5.97 Å². The van der Waals surface area contributed by atoms with Crippen LogP contribution in [0, 0.1) is 6.92 Å². The van der Waals surface area contributed by atoms with Crippen LogP contribution in [0.15, 0.2) is 24.5 Å². The number of carboxylic acid groups (broad SMARTS) is 1. The second-order valence-corrected chi connectivity index (χ2v) is 7.04. The summed E-state index contributed by atoms with van der Waals surface area (Å²) in [6.07, 6.45) is 5.79. The number of aromatic nitrogens is 2. The van der Waals surface area contributed by atoms with E-state index in [1.807, 2.05) is 19.2 Å². The summed E-state index contributed by atoms with van der Waals surface area (Å²) in [5, 5.41) is 12.6. The van der Waals surface area contributed by atoms with Gasteiger partial charge in [-0.05, 0) is 56.9 Å². The predicted octanol–water partition coefficient (Wildman–Crippen LogP) is 3.37. The first-order valence-electron chi connectivity index (χ1n) is 8.83. The second-order valence-electron chi connectivity index (χ2n) is 7.04. The number of carbonyl (C=O) groups is 1.